The van der Waals surface area contributed by atoms with Gasteiger partial charge in [0.05, 0.1) is 22.5 Å². The van der Waals surface area contributed by atoms with Crippen LogP contribution in [0, 0.1) is 0 Å². The topological polar surface area (TPSA) is 78.4 Å². The van der Waals surface area contributed by atoms with Crippen LogP contribution < -0.4 is 10.6 Å². The van der Waals surface area contributed by atoms with Gasteiger partial charge in [-0.05, 0) is 24.3 Å². The number of anilines is 4. The summed E-state index contributed by atoms with van der Waals surface area (Å²) in [4.78, 5) is 27.0. The van der Waals surface area contributed by atoms with E-state index < -0.39 is 0 Å². The predicted molar refractivity (Wildman–Crippen MR) is 121 cm³/mol. The van der Waals surface area contributed by atoms with E-state index in [1.54, 1.807) is 24.3 Å². The molecule has 31 heavy (non-hydrogen) atoms. The summed E-state index contributed by atoms with van der Waals surface area (Å²) >= 11 is 0. The number of rotatable bonds is 4. The van der Waals surface area contributed by atoms with Crippen LogP contribution >= 0.6 is 0 Å². The third-order valence-electron chi connectivity index (χ3n) is 5.27. The Morgan fingerprint density at radius 1 is 0.581 bits per heavy atom. The van der Waals surface area contributed by atoms with Gasteiger partial charge in [0, 0.05) is 28.6 Å². The Morgan fingerprint density at radius 2 is 1.06 bits per heavy atom. The highest BCUT2D eigenvalue weighted by Gasteiger charge is 2.35. The fourth-order valence-electron chi connectivity index (χ4n) is 3.85. The number of hydrogen-bond donors (Lipinski definition) is 3. The molecule has 0 aromatic heterocycles. The molecule has 1 aliphatic carbocycles. The molecule has 0 aliphatic heterocycles. The average molecular weight is 406 g/mol. The van der Waals surface area contributed by atoms with Crippen molar-refractivity contribution in [2.45, 2.75) is 0 Å². The van der Waals surface area contributed by atoms with Gasteiger partial charge in [0.25, 0.3) is 0 Å². The smallest absolute Gasteiger partial charge is 0.196 e. The predicted octanol–water partition coefficient (Wildman–Crippen LogP) is 5.65. The Balaban J connectivity index is 1.73. The normalized spacial score (nSPS) is 12.1. The Bertz CT molecular complexity index is 1320. The van der Waals surface area contributed by atoms with Gasteiger partial charge in [0.2, 0.25) is 0 Å². The van der Waals surface area contributed by atoms with Crippen molar-refractivity contribution in [1.82, 2.24) is 0 Å². The van der Waals surface area contributed by atoms with Crippen LogP contribution in [0.2, 0.25) is 0 Å². The molecule has 5 rings (SSSR count). The van der Waals surface area contributed by atoms with Crippen molar-refractivity contribution in [2.75, 3.05) is 10.6 Å². The number of carbonyl (C=O) groups excluding carboxylic acids is 2. The van der Waals surface area contributed by atoms with Crippen LogP contribution in [0.15, 0.2) is 91.0 Å². The van der Waals surface area contributed by atoms with Crippen LogP contribution in [0.5, 0.6) is 5.75 Å². The van der Waals surface area contributed by atoms with Gasteiger partial charge in [0.15, 0.2) is 11.6 Å². The van der Waals surface area contributed by atoms with Gasteiger partial charge < -0.3 is 15.7 Å². The van der Waals surface area contributed by atoms with E-state index in [9.17, 15) is 14.7 Å². The molecule has 0 radical (unpaired) electrons. The van der Waals surface area contributed by atoms with Crippen molar-refractivity contribution in [2.24, 2.45) is 0 Å². The number of phenols is 1. The van der Waals surface area contributed by atoms with Crippen LogP contribution in [-0.2, 0) is 0 Å². The summed E-state index contributed by atoms with van der Waals surface area (Å²) in [6.07, 6.45) is 0. The number of para-hydroxylation sites is 2. The maximum absolute atomic E-state index is 13.5. The Kier molecular flexibility index (Phi) is 4.49. The minimum atomic E-state index is -0.310. The molecule has 0 heterocycles. The number of hydrogen-bond acceptors (Lipinski definition) is 5. The third-order valence-corrected chi connectivity index (χ3v) is 5.27. The average Bonchev–Trinajstić information content (AvgIpc) is 2.80. The maximum atomic E-state index is 13.5. The Morgan fingerprint density at radius 3 is 1.65 bits per heavy atom. The van der Waals surface area contributed by atoms with Crippen molar-refractivity contribution in [3.63, 3.8) is 0 Å². The summed E-state index contributed by atoms with van der Waals surface area (Å²) in [5.41, 5.74) is 3.11. The van der Waals surface area contributed by atoms with Crippen LogP contribution in [-0.4, -0.2) is 16.7 Å². The van der Waals surface area contributed by atoms with E-state index in [0.717, 1.165) is 5.69 Å². The SMILES string of the molecule is O=C1c2ccccc2C(=O)c2c(Nc3ccccc3)c(O)cc(Nc3ccccc3)c21. The fraction of sp³-hybridized carbons (Fsp3) is 0. The molecule has 0 spiro atoms. The Hall–Kier alpha value is -4.38. The van der Waals surface area contributed by atoms with Gasteiger partial charge >= 0.3 is 0 Å². The Labute approximate surface area is 179 Å². The summed E-state index contributed by atoms with van der Waals surface area (Å²) in [5.74, 6) is -0.697. The number of aromatic hydroxyl groups is 1. The first-order valence-corrected chi connectivity index (χ1v) is 9.86. The number of phenolic OH excluding ortho intramolecular Hbond substituents is 1. The quantitative estimate of drug-likeness (QED) is 0.336. The lowest BCUT2D eigenvalue weighted by atomic mass is 9.82. The minimum absolute atomic E-state index is 0.124. The molecule has 4 aromatic carbocycles. The summed E-state index contributed by atoms with van der Waals surface area (Å²) in [6, 6.07) is 26.8. The molecule has 4 aromatic rings. The summed E-state index contributed by atoms with van der Waals surface area (Å²) in [7, 11) is 0. The second-order valence-corrected chi connectivity index (χ2v) is 7.25. The molecule has 0 bridgehead atoms. The van der Waals surface area contributed by atoms with Crippen molar-refractivity contribution in [3.8, 4) is 5.75 Å². The second-order valence-electron chi connectivity index (χ2n) is 7.25. The number of carbonyl (C=O) groups is 2. The zero-order chi connectivity index (χ0) is 21.4. The van der Waals surface area contributed by atoms with Gasteiger partial charge in [-0.3, -0.25) is 9.59 Å². The molecule has 150 valence electrons. The van der Waals surface area contributed by atoms with Crippen molar-refractivity contribution in [1.29, 1.82) is 0 Å². The highest BCUT2D eigenvalue weighted by atomic mass is 16.3. The molecule has 5 heteroatoms. The molecule has 0 unspecified atom stereocenters. The molecule has 0 saturated carbocycles. The monoisotopic (exact) mass is 406 g/mol. The number of fused-ring (bicyclic) bond motifs is 2. The first kappa shape index (κ1) is 18.6. The lowest BCUT2D eigenvalue weighted by Gasteiger charge is -2.24. The standard InChI is InChI=1S/C26H18N2O3/c29-21-15-20(27-16-9-3-1-4-10-16)22-23(24(21)28-17-11-5-2-6-12-17)26(31)19-14-8-7-13-18(19)25(22)30/h1-15,27-29H. The van der Waals surface area contributed by atoms with E-state index in [2.05, 4.69) is 10.6 Å². The van der Waals surface area contributed by atoms with Crippen molar-refractivity contribution < 1.29 is 14.7 Å². The third kappa shape index (κ3) is 3.22. The summed E-state index contributed by atoms with van der Waals surface area (Å²) in [6.45, 7) is 0. The van der Waals surface area contributed by atoms with Crippen molar-refractivity contribution in [3.05, 3.63) is 113 Å². The van der Waals surface area contributed by atoms with Crippen LogP contribution in [0.1, 0.15) is 31.8 Å². The molecule has 0 saturated heterocycles. The highest BCUT2D eigenvalue weighted by Crippen LogP contribution is 2.43. The van der Waals surface area contributed by atoms with Crippen LogP contribution in [0.3, 0.4) is 0 Å². The number of benzene rings is 4. The maximum Gasteiger partial charge on any atom is 0.196 e. The van der Waals surface area contributed by atoms with E-state index in [1.807, 2.05) is 60.7 Å². The van der Waals surface area contributed by atoms with Crippen LogP contribution in [0.4, 0.5) is 22.7 Å². The van der Waals surface area contributed by atoms with E-state index in [0.29, 0.717) is 22.5 Å². The number of nitrogens with one attached hydrogen (secondary N) is 2. The van der Waals surface area contributed by atoms with Gasteiger partial charge in [-0.15, -0.1) is 0 Å². The van der Waals surface area contributed by atoms with Crippen molar-refractivity contribution >= 4 is 34.3 Å². The molecule has 3 N–H and O–H groups in total. The van der Waals surface area contributed by atoms with Crippen LogP contribution in [0.25, 0.3) is 0 Å². The molecular weight excluding hydrogens is 388 g/mol. The van der Waals surface area contributed by atoms with E-state index in [4.69, 9.17) is 0 Å². The first-order valence-electron chi connectivity index (χ1n) is 9.86. The molecular formula is C26H18N2O3. The largest absolute Gasteiger partial charge is 0.506 e. The summed E-state index contributed by atoms with van der Waals surface area (Å²) < 4.78 is 0. The van der Waals surface area contributed by atoms with Gasteiger partial charge in [0.1, 0.15) is 5.75 Å². The lowest BCUT2D eigenvalue weighted by molar-refractivity contribution is 0.0980. The first-order chi connectivity index (χ1) is 15.1. The molecule has 0 amide bonds. The lowest BCUT2D eigenvalue weighted by Crippen LogP contribution is -2.23. The minimum Gasteiger partial charge on any atom is -0.506 e. The summed E-state index contributed by atoms with van der Waals surface area (Å²) in [5, 5.41) is 17.2. The molecule has 1 aliphatic rings. The molecule has 5 nitrogen and oxygen atoms in total. The van der Waals surface area contributed by atoms with Gasteiger partial charge in [-0.25, -0.2) is 0 Å². The van der Waals surface area contributed by atoms with Gasteiger partial charge in [-0.2, -0.15) is 0 Å². The molecule has 0 atom stereocenters. The fourth-order valence-corrected chi connectivity index (χ4v) is 3.85. The molecule has 0 fully saturated rings. The van der Waals surface area contributed by atoms with Gasteiger partial charge in [-0.1, -0.05) is 60.7 Å². The van der Waals surface area contributed by atoms with E-state index in [-0.39, 0.29) is 34.1 Å². The highest BCUT2D eigenvalue weighted by molar-refractivity contribution is 6.32. The second kappa shape index (κ2) is 7.46. The number of ketones is 2. The zero-order valence-corrected chi connectivity index (χ0v) is 16.4. The van der Waals surface area contributed by atoms with E-state index in [1.165, 1.54) is 6.07 Å². The zero-order valence-electron chi connectivity index (χ0n) is 16.4. The van der Waals surface area contributed by atoms with E-state index >= 15 is 0 Å².